The zero-order chi connectivity index (χ0) is 25.1. The fraction of sp³-hybridized carbons (Fsp3) is 0.276. The summed E-state index contributed by atoms with van der Waals surface area (Å²) in [5.74, 6) is -0.0795. The Kier molecular flexibility index (Phi) is 6.82. The van der Waals surface area contributed by atoms with E-state index in [0.29, 0.717) is 5.56 Å². The highest BCUT2D eigenvalue weighted by molar-refractivity contribution is 5.95. The number of benzene rings is 2. The van der Waals surface area contributed by atoms with Crippen LogP contribution in [0.25, 0.3) is 33.6 Å². The molecule has 3 heterocycles. The molecule has 0 atom stereocenters. The van der Waals surface area contributed by atoms with Gasteiger partial charge in [0.2, 0.25) is 0 Å². The third kappa shape index (κ3) is 5.16. The highest BCUT2D eigenvalue weighted by Crippen LogP contribution is 2.35. The molecule has 0 unspecified atom stereocenters. The van der Waals surface area contributed by atoms with E-state index in [0.717, 1.165) is 54.3 Å². The summed E-state index contributed by atoms with van der Waals surface area (Å²) >= 11 is 0. The van der Waals surface area contributed by atoms with Gasteiger partial charge in [0, 0.05) is 72.6 Å². The maximum atomic E-state index is 12.5. The number of pyridine rings is 1. The molecule has 0 spiro atoms. The van der Waals surface area contributed by atoms with E-state index < -0.39 is 0 Å². The third-order valence-electron chi connectivity index (χ3n) is 6.56. The van der Waals surface area contributed by atoms with E-state index in [1.165, 1.54) is 11.3 Å². The number of piperazine rings is 1. The highest BCUT2D eigenvalue weighted by atomic mass is 16.1. The summed E-state index contributed by atoms with van der Waals surface area (Å²) in [7, 11) is 2.17. The van der Waals surface area contributed by atoms with Gasteiger partial charge in [-0.05, 0) is 68.9 Å². The molecule has 1 amide bonds. The molecule has 0 saturated carbocycles. The van der Waals surface area contributed by atoms with Gasteiger partial charge in [0.25, 0.3) is 5.91 Å². The Bertz CT molecular complexity index is 1340. The number of likely N-dealkylation sites (N-methyl/N-ethyl adjacent to an activating group) is 1. The minimum atomic E-state index is -0.0795. The Labute approximate surface area is 212 Å². The van der Waals surface area contributed by atoms with Crippen LogP contribution >= 0.6 is 0 Å². The fourth-order valence-corrected chi connectivity index (χ4v) is 4.57. The second-order valence-corrected chi connectivity index (χ2v) is 9.63. The van der Waals surface area contributed by atoms with Gasteiger partial charge in [-0.15, -0.1) is 0 Å². The topological polar surface area (TPSA) is 77.2 Å². The lowest BCUT2D eigenvalue weighted by atomic mass is 9.98. The molecule has 1 aliphatic rings. The molecule has 0 aliphatic carbocycles. The molecular weight excluding hydrogens is 448 g/mol. The largest absolute Gasteiger partial charge is 0.368 e. The lowest BCUT2D eigenvalue weighted by Gasteiger charge is -2.35. The normalized spacial score (nSPS) is 14.3. The maximum Gasteiger partial charge on any atom is 0.251 e. The van der Waals surface area contributed by atoms with Gasteiger partial charge in [-0.25, -0.2) is 0 Å². The molecule has 2 aromatic carbocycles. The van der Waals surface area contributed by atoms with Crippen molar-refractivity contribution >= 4 is 11.6 Å². The van der Waals surface area contributed by atoms with E-state index >= 15 is 0 Å². The Morgan fingerprint density at radius 2 is 1.69 bits per heavy atom. The highest BCUT2D eigenvalue weighted by Gasteiger charge is 2.19. The number of carbonyl (C=O) groups excluding carboxylic acids is 1. The van der Waals surface area contributed by atoms with Crippen molar-refractivity contribution < 1.29 is 4.79 Å². The number of hydrogen-bond acceptors (Lipinski definition) is 5. The molecule has 1 fully saturated rings. The summed E-state index contributed by atoms with van der Waals surface area (Å²) in [6.07, 6.45) is 3.68. The summed E-state index contributed by atoms with van der Waals surface area (Å²) in [6.45, 7) is 8.02. The molecule has 0 radical (unpaired) electrons. The number of carbonyl (C=O) groups is 1. The van der Waals surface area contributed by atoms with E-state index in [4.69, 9.17) is 0 Å². The van der Waals surface area contributed by atoms with Gasteiger partial charge in [-0.3, -0.25) is 14.9 Å². The summed E-state index contributed by atoms with van der Waals surface area (Å²) in [5, 5.41) is 10.7. The number of amides is 1. The van der Waals surface area contributed by atoms with Crippen LogP contribution in [0.15, 0.2) is 73.1 Å². The van der Waals surface area contributed by atoms with Crippen LogP contribution in [-0.4, -0.2) is 65.3 Å². The van der Waals surface area contributed by atoms with E-state index in [9.17, 15) is 4.79 Å². The van der Waals surface area contributed by atoms with Crippen molar-refractivity contribution in [1.82, 2.24) is 25.4 Å². The average Bonchev–Trinajstić information content (AvgIpc) is 3.40. The van der Waals surface area contributed by atoms with E-state index in [-0.39, 0.29) is 11.9 Å². The van der Waals surface area contributed by atoms with E-state index in [1.54, 1.807) is 0 Å². The zero-order valence-electron chi connectivity index (χ0n) is 21.0. The predicted molar refractivity (Wildman–Crippen MR) is 145 cm³/mol. The van der Waals surface area contributed by atoms with Gasteiger partial charge >= 0.3 is 0 Å². The molecule has 1 aliphatic heterocycles. The number of hydrogen-bond donors (Lipinski definition) is 2. The van der Waals surface area contributed by atoms with E-state index in [1.807, 2.05) is 56.6 Å². The minimum absolute atomic E-state index is 0.0795. The molecule has 0 bridgehead atoms. The summed E-state index contributed by atoms with van der Waals surface area (Å²) in [5.41, 5.74) is 7.89. The second kappa shape index (κ2) is 10.3. The van der Waals surface area contributed by atoms with Crippen LogP contribution in [0.2, 0.25) is 0 Å². The quantitative estimate of drug-likeness (QED) is 0.419. The van der Waals surface area contributed by atoms with Crippen molar-refractivity contribution in [2.45, 2.75) is 19.9 Å². The van der Waals surface area contributed by atoms with Crippen LogP contribution in [0.4, 0.5) is 5.69 Å². The first-order valence-electron chi connectivity index (χ1n) is 12.4. The molecule has 2 aromatic heterocycles. The van der Waals surface area contributed by atoms with Gasteiger partial charge in [0.05, 0.1) is 11.4 Å². The summed E-state index contributed by atoms with van der Waals surface area (Å²) in [6, 6.07) is 20.4. The predicted octanol–water partition coefficient (Wildman–Crippen LogP) is 4.70. The molecule has 5 rings (SSSR count). The molecular formula is C29H32N6O. The monoisotopic (exact) mass is 480 g/mol. The molecule has 184 valence electrons. The van der Waals surface area contributed by atoms with Crippen molar-refractivity contribution in [3.8, 4) is 33.6 Å². The number of anilines is 1. The number of H-pyrrole nitrogens is 1. The number of aromatic amines is 1. The first-order chi connectivity index (χ1) is 17.5. The Morgan fingerprint density at radius 3 is 2.44 bits per heavy atom. The molecule has 2 N–H and O–H groups in total. The number of nitrogens with one attached hydrogen (secondary N) is 2. The van der Waals surface area contributed by atoms with Gasteiger partial charge in [-0.2, -0.15) is 5.10 Å². The first-order valence-corrected chi connectivity index (χ1v) is 12.4. The lowest BCUT2D eigenvalue weighted by Crippen LogP contribution is -2.44. The van der Waals surface area contributed by atoms with Crippen LogP contribution in [-0.2, 0) is 0 Å². The lowest BCUT2D eigenvalue weighted by molar-refractivity contribution is 0.0943. The third-order valence-corrected chi connectivity index (χ3v) is 6.56. The van der Waals surface area contributed by atoms with Gasteiger partial charge in [0.1, 0.15) is 0 Å². The average molecular weight is 481 g/mol. The fourth-order valence-electron chi connectivity index (χ4n) is 4.57. The van der Waals surface area contributed by atoms with Crippen LogP contribution < -0.4 is 10.2 Å². The van der Waals surface area contributed by atoms with Crippen LogP contribution in [0.5, 0.6) is 0 Å². The molecule has 7 heteroatoms. The Balaban J connectivity index is 1.47. The van der Waals surface area contributed by atoms with Gasteiger partial charge in [0.15, 0.2) is 0 Å². The first kappa shape index (κ1) is 23.8. The van der Waals surface area contributed by atoms with Gasteiger partial charge in [-0.1, -0.05) is 18.2 Å². The minimum Gasteiger partial charge on any atom is -0.368 e. The molecule has 36 heavy (non-hydrogen) atoms. The Morgan fingerprint density at radius 1 is 0.917 bits per heavy atom. The number of nitrogens with zero attached hydrogens (tertiary/aromatic N) is 4. The summed E-state index contributed by atoms with van der Waals surface area (Å²) < 4.78 is 0. The second-order valence-electron chi connectivity index (χ2n) is 9.63. The van der Waals surface area contributed by atoms with E-state index in [2.05, 4.69) is 67.7 Å². The molecule has 7 nitrogen and oxygen atoms in total. The SMILES string of the molecule is CC(C)NC(=O)c1cccc(-c2cc(-c3ccc(N4CCN(C)CC4)c(-c4ccncc4)c3)[nH]n2)c1. The number of aromatic nitrogens is 3. The van der Waals surface area contributed by atoms with Crippen LogP contribution in [0, 0.1) is 0 Å². The van der Waals surface area contributed by atoms with Crippen molar-refractivity contribution in [2.24, 2.45) is 0 Å². The van der Waals surface area contributed by atoms with Crippen molar-refractivity contribution in [3.63, 3.8) is 0 Å². The zero-order valence-corrected chi connectivity index (χ0v) is 21.0. The number of rotatable bonds is 6. The van der Waals surface area contributed by atoms with Crippen LogP contribution in [0.3, 0.4) is 0 Å². The standard InChI is InChI=1S/C29H32N6O/c1-20(2)31-29(36)24-6-4-5-22(17-24)26-19-27(33-32-26)23-7-8-28(35-15-13-34(3)14-16-35)25(18-23)21-9-11-30-12-10-21/h4-12,17-20H,13-16H2,1-3H3,(H,31,36)(H,32,33). The summed E-state index contributed by atoms with van der Waals surface area (Å²) in [4.78, 5) is 21.5. The molecule has 1 saturated heterocycles. The molecule has 4 aromatic rings. The van der Waals surface area contributed by atoms with Crippen molar-refractivity contribution in [2.75, 3.05) is 38.1 Å². The van der Waals surface area contributed by atoms with Crippen LogP contribution in [0.1, 0.15) is 24.2 Å². The van der Waals surface area contributed by atoms with Crippen molar-refractivity contribution in [3.05, 3.63) is 78.6 Å². The Hall–Kier alpha value is -3.97. The van der Waals surface area contributed by atoms with Gasteiger partial charge < -0.3 is 15.1 Å². The van der Waals surface area contributed by atoms with Crippen molar-refractivity contribution in [1.29, 1.82) is 0 Å². The maximum absolute atomic E-state index is 12.5. The smallest absolute Gasteiger partial charge is 0.251 e.